The van der Waals surface area contributed by atoms with Gasteiger partial charge in [0.15, 0.2) is 11.6 Å². The van der Waals surface area contributed by atoms with E-state index in [2.05, 4.69) is 34.4 Å². The van der Waals surface area contributed by atoms with E-state index in [-0.39, 0.29) is 29.1 Å². The highest BCUT2D eigenvalue weighted by Gasteiger charge is 2.29. The minimum atomic E-state index is -0.985. The van der Waals surface area contributed by atoms with Gasteiger partial charge < -0.3 is 25.6 Å². The molecule has 0 spiro atoms. The fourth-order valence-electron chi connectivity index (χ4n) is 4.58. The van der Waals surface area contributed by atoms with Crippen LogP contribution in [-0.4, -0.2) is 59.6 Å². The Labute approximate surface area is 227 Å². The number of nitrogens with zero attached hydrogens (tertiary/aromatic N) is 1. The summed E-state index contributed by atoms with van der Waals surface area (Å²) >= 11 is 0. The molecular weight excluding hydrogens is 502 g/mol. The van der Waals surface area contributed by atoms with Crippen molar-refractivity contribution in [3.8, 4) is 11.1 Å². The van der Waals surface area contributed by atoms with Crippen molar-refractivity contribution in [3.05, 3.63) is 76.6 Å². The summed E-state index contributed by atoms with van der Waals surface area (Å²) < 4.78 is 28.3. The molecule has 39 heavy (non-hydrogen) atoms. The van der Waals surface area contributed by atoms with Crippen molar-refractivity contribution < 1.29 is 23.5 Å². The highest BCUT2D eigenvalue weighted by molar-refractivity contribution is 6.36. The first-order valence-corrected chi connectivity index (χ1v) is 13.0. The minimum absolute atomic E-state index is 0.0541. The number of aryl methyl sites for hydroxylation is 1. The molecule has 0 bridgehead atoms. The third kappa shape index (κ3) is 6.99. The number of carbonyl (C=O) groups excluding carboxylic acids is 2. The molecule has 2 amide bonds. The number of likely N-dealkylation sites (N-methyl/N-ethyl adjacent to an activating group) is 1. The monoisotopic (exact) mass is 538 g/mol. The lowest BCUT2D eigenvalue weighted by molar-refractivity contribution is -0.110. The number of nitrogens with one attached hydrogen (secondary N) is 3. The Morgan fingerprint density at radius 1 is 1.15 bits per heavy atom. The van der Waals surface area contributed by atoms with Crippen LogP contribution in [-0.2, 0) is 4.79 Å². The molecule has 4 N–H and O–H groups in total. The van der Waals surface area contributed by atoms with Crippen LogP contribution in [0.5, 0.6) is 0 Å². The highest BCUT2D eigenvalue weighted by atomic mass is 19.2. The number of hydrogen-bond donors (Lipinski definition) is 4. The number of hydrogen-bond acceptors (Lipinski definition) is 4. The van der Waals surface area contributed by atoms with Gasteiger partial charge in [-0.3, -0.25) is 9.59 Å². The molecular formula is C30H36F2N4O3. The van der Waals surface area contributed by atoms with Crippen LogP contribution in [0.1, 0.15) is 54.5 Å². The number of rotatable bonds is 8. The maximum Gasteiger partial charge on any atom is 0.256 e. The van der Waals surface area contributed by atoms with Crippen LogP contribution in [0.15, 0.2) is 42.5 Å². The van der Waals surface area contributed by atoms with Crippen molar-refractivity contribution in [1.29, 1.82) is 0 Å². The Kier molecular flexibility index (Phi) is 10.1. The molecule has 1 atom stereocenters. The van der Waals surface area contributed by atoms with Gasteiger partial charge >= 0.3 is 0 Å². The Morgan fingerprint density at radius 2 is 1.85 bits per heavy atom. The summed E-state index contributed by atoms with van der Waals surface area (Å²) in [5.74, 6) is -2.64. The van der Waals surface area contributed by atoms with Gasteiger partial charge in [-0.25, -0.2) is 8.78 Å². The first kappa shape index (κ1) is 29.7. The van der Waals surface area contributed by atoms with Crippen LogP contribution in [0.4, 0.5) is 14.5 Å². The number of aromatic nitrogens is 1. The Bertz CT molecular complexity index is 1360. The van der Waals surface area contributed by atoms with Gasteiger partial charge in [-0.1, -0.05) is 38.1 Å². The molecule has 2 heterocycles. The fraction of sp³-hybridized carbons (Fsp3) is 0.333. The number of aliphatic hydroxyl groups is 1. The number of carbonyl (C=O) groups is 2. The second-order valence-corrected chi connectivity index (χ2v) is 9.44. The number of fused-ring (bicyclic) bond motifs is 1. The average Bonchev–Trinajstić information content (AvgIpc) is 3.43. The predicted molar refractivity (Wildman–Crippen MR) is 151 cm³/mol. The number of aromatic amines is 1. The van der Waals surface area contributed by atoms with Crippen molar-refractivity contribution in [3.63, 3.8) is 0 Å². The molecule has 1 unspecified atom stereocenters. The number of halogens is 2. The van der Waals surface area contributed by atoms with E-state index < -0.39 is 11.6 Å². The van der Waals surface area contributed by atoms with Crippen molar-refractivity contribution in [2.45, 2.75) is 40.2 Å². The Hall–Kier alpha value is -3.82. The van der Waals surface area contributed by atoms with Crippen LogP contribution in [0, 0.1) is 18.6 Å². The van der Waals surface area contributed by atoms with E-state index in [9.17, 15) is 18.4 Å². The van der Waals surface area contributed by atoms with Gasteiger partial charge in [-0.15, -0.1) is 0 Å². The second-order valence-electron chi connectivity index (χ2n) is 9.44. The van der Waals surface area contributed by atoms with Crippen LogP contribution in [0.3, 0.4) is 0 Å². The third-order valence-corrected chi connectivity index (χ3v) is 6.32. The van der Waals surface area contributed by atoms with E-state index in [1.54, 1.807) is 37.3 Å². The zero-order valence-corrected chi connectivity index (χ0v) is 23.0. The highest BCUT2D eigenvalue weighted by Crippen LogP contribution is 2.41. The molecule has 4 rings (SSSR count). The number of anilines is 1. The lowest BCUT2D eigenvalue weighted by Crippen LogP contribution is -2.31. The van der Waals surface area contributed by atoms with Crippen LogP contribution in [0.2, 0.25) is 0 Å². The van der Waals surface area contributed by atoms with Crippen LogP contribution >= 0.6 is 0 Å². The minimum Gasteiger partial charge on any atom is -0.392 e. The smallest absolute Gasteiger partial charge is 0.256 e. The molecule has 9 heteroatoms. The van der Waals surface area contributed by atoms with Crippen LogP contribution in [0.25, 0.3) is 22.8 Å². The summed E-state index contributed by atoms with van der Waals surface area (Å²) in [7, 11) is 1.52. The van der Waals surface area contributed by atoms with Crippen molar-refractivity contribution in [2.75, 3.05) is 32.0 Å². The molecule has 0 fully saturated rings. The van der Waals surface area contributed by atoms with Crippen molar-refractivity contribution >= 4 is 29.2 Å². The van der Waals surface area contributed by atoms with E-state index in [4.69, 9.17) is 5.11 Å². The standard InChI is InChI=1S/C22H17F2N3O2.C8H19NO/c1-11-9-14(21(28)25-2)18(26-11)10-15-19-12(5-4-8-17(19)27-22(15)29)13-6-3-7-16(23)20(13)24;1-4-6-9(5-2)7-8(3)10/h3-10,26H,1-2H3,(H,25,28)(H,27,29);8,10H,4-7H2,1-3H3/b15-10-;. The summed E-state index contributed by atoms with van der Waals surface area (Å²) in [4.78, 5) is 30.2. The van der Waals surface area contributed by atoms with E-state index in [0.29, 0.717) is 28.1 Å². The summed E-state index contributed by atoms with van der Waals surface area (Å²) in [6.07, 6.45) is 2.53. The lowest BCUT2D eigenvalue weighted by Gasteiger charge is -2.20. The van der Waals surface area contributed by atoms with Gasteiger partial charge in [0, 0.05) is 36.1 Å². The predicted octanol–water partition coefficient (Wildman–Crippen LogP) is 5.22. The molecule has 2 aromatic carbocycles. The molecule has 0 saturated carbocycles. The maximum absolute atomic E-state index is 14.5. The number of H-pyrrole nitrogens is 1. The molecule has 0 radical (unpaired) electrons. The second kappa shape index (κ2) is 13.3. The normalized spacial score (nSPS) is 14.1. The van der Waals surface area contributed by atoms with Gasteiger partial charge in [0.2, 0.25) is 0 Å². The van der Waals surface area contributed by atoms with Gasteiger partial charge in [-0.2, -0.15) is 0 Å². The van der Waals surface area contributed by atoms with Gasteiger partial charge in [0.1, 0.15) is 0 Å². The number of amides is 2. The molecule has 1 aliphatic heterocycles. The zero-order valence-electron chi connectivity index (χ0n) is 23.0. The van der Waals surface area contributed by atoms with Gasteiger partial charge in [0.25, 0.3) is 11.8 Å². The summed E-state index contributed by atoms with van der Waals surface area (Å²) in [5.41, 5.74) is 3.23. The van der Waals surface area contributed by atoms with E-state index in [1.165, 1.54) is 25.6 Å². The molecule has 7 nitrogen and oxygen atoms in total. The van der Waals surface area contributed by atoms with Gasteiger partial charge in [-0.05, 0) is 63.2 Å². The average molecular weight is 539 g/mol. The van der Waals surface area contributed by atoms with Gasteiger partial charge in [0.05, 0.1) is 22.9 Å². The summed E-state index contributed by atoms with van der Waals surface area (Å²) in [5, 5.41) is 14.3. The first-order valence-electron chi connectivity index (χ1n) is 13.0. The largest absolute Gasteiger partial charge is 0.392 e. The Balaban J connectivity index is 0.000000360. The number of benzene rings is 2. The SMILES string of the molecule is CCCN(CC)CC(C)O.CNC(=O)c1cc(C)[nH]c1/C=C1\C(=O)Nc2cccc(-c3cccc(F)c3F)c21. The fourth-order valence-corrected chi connectivity index (χ4v) is 4.58. The molecule has 0 saturated heterocycles. The molecule has 208 valence electrons. The van der Waals surface area contributed by atoms with E-state index in [0.717, 1.165) is 31.4 Å². The van der Waals surface area contributed by atoms with E-state index >= 15 is 0 Å². The molecule has 1 aliphatic rings. The molecule has 1 aromatic heterocycles. The quantitative estimate of drug-likeness (QED) is 0.296. The lowest BCUT2D eigenvalue weighted by atomic mass is 9.93. The third-order valence-electron chi connectivity index (χ3n) is 6.32. The topological polar surface area (TPSA) is 97.5 Å². The first-order chi connectivity index (χ1) is 18.6. The van der Waals surface area contributed by atoms with E-state index in [1.807, 2.05) is 6.92 Å². The van der Waals surface area contributed by atoms with Crippen molar-refractivity contribution in [1.82, 2.24) is 15.2 Å². The molecule has 0 aliphatic carbocycles. The maximum atomic E-state index is 14.5. The Morgan fingerprint density at radius 3 is 2.49 bits per heavy atom. The summed E-state index contributed by atoms with van der Waals surface area (Å²) in [6.45, 7) is 10.9. The zero-order chi connectivity index (χ0) is 28.7. The molecule has 3 aromatic rings. The van der Waals surface area contributed by atoms with Crippen LogP contribution < -0.4 is 10.6 Å². The summed E-state index contributed by atoms with van der Waals surface area (Å²) in [6, 6.07) is 10.6. The van der Waals surface area contributed by atoms with Crippen molar-refractivity contribution in [2.24, 2.45) is 0 Å². The number of aliphatic hydroxyl groups excluding tert-OH is 1.